The van der Waals surface area contributed by atoms with Gasteiger partial charge in [0.25, 0.3) is 5.91 Å². The maximum absolute atomic E-state index is 13.8. The number of aryl methyl sites for hydroxylation is 2. The van der Waals surface area contributed by atoms with Crippen LogP contribution in [0.4, 0.5) is 0 Å². The number of unbranched alkanes of at least 4 members (excludes halogenated alkanes) is 4. The summed E-state index contributed by atoms with van der Waals surface area (Å²) < 4.78 is 12.2. The van der Waals surface area contributed by atoms with Gasteiger partial charge in [-0.25, -0.2) is 0 Å². The summed E-state index contributed by atoms with van der Waals surface area (Å²) in [4.78, 5) is 29.1. The Hall–Kier alpha value is -3.08. The topological polar surface area (TPSA) is 59.8 Å². The van der Waals surface area contributed by atoms with Crippen LogP contribution in [0.1, 0.15) is 91.2 Å². The van der Waals surface area contributed by atoms with E-state index in [0.29, 0.717) is 29.7 Å². The van der Waals surface area contributed by atoms with E-state index in [4.69, 9.17) is 9.15 Å². The maximum Gasteiger partial charge on any atom is 0.290 e. The van der Waals surface area contributed by atoms with Crippen LogP contribution in [0.15, 0.2) is 45.6 Å². The van der Waals surface area contributed by atoms with Crippen molar-refractivity contribution in [2.24, 2.45) is 0 Å². The molecule has 0 radical (unpaired) electrons. The van der Waals surface area contributed by atoms with Crippen molar-refractivity contribution in [3.63, 3.8) is 0 Å². The molecule has 0 saturated carbocycles. The van der Waals surface area contributed by atoms with Gasteiger partial charge in [0.15, 0.2) is 5.43 Å². The molecule has 0 spiro atoms. The third kappa shape index (κ3) is 4.61. The first-order valence-corrected chi connectivity index (χ1v) is 12.6. The lowest BCUT2D eigenvalue weighted by molar-refractivity contribution is 0.0724. The first-order chi connectivity index (χ1) is 16.5. The number of fused-ring (bicyclic) bond motifs is 2. The van der Waals surface area contributed by atoms with Crippen LogP contribution in [0.5, 0.6) is 5.75 Å². The summed E-state index contributed by atoms with van der Waals surface area (Å²) in [6, 6.07) is 11.2. The van der Waals surface area contributed by atoms with Crippen LogP contribution >= 0.6 is 0 Å². The van der Waals surface area contributed by atoms with Gasteiger partial charge in [-0.05, 0) is 61.6 Å². The molecule has 0 aliphatic carbocycles. The highest BCUT2D eigenvalue weighted by molar-refractivity contribution is 5.99. The minimum atomic E-state index is -0.472. The molecule has 1 amide bonds. The number of amides is 1. The summed E-state index contributed by atoms with van der Waals surface area (Å²) in [6.07, 6.45) is 6.23. The summed E-state index contributed by atoms with van der Waals surface area (Å²) in [5.41, 5.74) is 3.58. The van der Waals surface area contributed by atoms with Crippen LogP contribution in [-0.4, -0.2) is 24.0 Å². The van der Waals surface area contributed by atoms with Crippen molar-refractivity contribution in [2.75, 3.05) is 13.2 Å². The minimum absolute atomic E-state index is 0.117. The number of ether oxygens (including phenoxy) is 1. The summed E-state index contributed by atoms with van der Waals surface area (Å²) in [5, 5.41) is 0.538. The zero-order chi connectivity index (χ0) is 24.2. The van der Waals surface area contributed by atoms with Gasteiger partial charge in [0.05, 0.1) is 23.6 Å². The lowest BCUT2D eigenvalue weighted by Crippen LogP contribution is -2.30. The second kappa shape index (κ2) is 10.5. The Bertz CT molecular complexity index is 1240. The second-order valence-corrected chi connectivity index (χ2v) is 9.37. The zero-order valence-electron chi connectivity index (χ0n) is 20.8. The lowest BCUT2D eigenvalue weighted by atomic mass is 9.97. The summed E-state index contributed by atoms with van der Waals surface area (Å²) in [6.45, 7) is 9.43. The van der Waals surface area contributed by atoms with Crippen molar-refractivity contribution < 1.29 is 13.9 Å². The molecule has 1 atom stereocenters. The molecule has 5 nitrogen and oxygen atoms in total. The fraction of sp³-hybridized carbons (Fsp3) is 0.448. The van der Waals surface area contributed by atoms with Crippen molar-refractivity contribution in [3.8, 4) is 5.75 Å². The molecule has 1 aliphatic heterocycles. The number of hydrogen-bond acceptors (Lipinski definition) is 4. The molecule has 3 aromatic rings. The molecule has 0 bridgehead atoms. The van der Waals surface area contributed by atoms with Gasteiger partial charge < -0.3 is 14.1 Å². The van der Waals surface area contributed by atoms with Crippen LogP contribution in [0.2, 0.25) is 0 Å². The van der Waals surface area contributed by atoms with Crippen LogP contribution in [0.3, 0.4) is 0 Å². The molecule has 2 heterocycles. The highest BCUT2D eigenvalue weighted by atomic mass is 16.5. The van der Waals surface area contributed by atoms with Crippen molar-refractivity contribution in [1.82, 2.24) is 4.90 Å². The smallest absolute Gasteiger partial charge is 0.290 e. The van der Waals surface area contributed by atoms with Crippen molar-refractivity contribution in [2.45, 2.75) is 72.3 Å². The Labute approximate surface area is 201 Å². The van der Waals surface area contributed by atoms with Crippen LogP contribution in [0, 0.1) is 13.8 Å². The first kappa shape index (κ1) is 24.1. The number of hydrogen-bond donors (Lipinski definition) is 0. The predicted octanol–water partition coefficient (Wildman–Crippen LogP) is 6.71. The Morgan fingerprint density at radius 3 is 2.50 bits per heavy atom. The summed E-state index contributed by atoms with van der Waals surface area (Å²) in [5.74, 6) is 0.740. The molecule has 1 aromatic heterocycles. The third-order valence-electron chi connectivity index (χ3n) is 6.59. The lowest BCUT2D eigenvalue weighted by Gasteiger charge is -2.25. The Balaban J connectivity index is 1.81. The van der Waals surface area contributed by atoms with E-state index in [-0.39, 0.29) is 17.1 Å². The maximum atomic E-state index is 13.8. The van der Waals surface area contributed by atoms with Gasteiger partial charge >= 0.3 is 0 Å². The quantitative estimate of drug-likeness (QED) is 0.315. The fourth-order valence-electron chi connectivity index (χ4n) is 4.90. The van der Waals surface area contributed by atoms with E-state index in [1.54, 1.807) is 0 Å². The first-order valence-electron chi connectivity index (χ1n) is 12.6. The number of nitrogens with zero attached hydrogens (tertiary/aromatic N) is 1. The molecule has 1 unspecified atom stereocenters. The van der Waals surface area contributed by atoms with E-state index in [1.165, 1.54) is 0 Å². The minimum Gasteiger partial charge on any atom is -0.494 e. The van der Waals surface area contributed by atoms with Crippen LogP contribution in [-0.2, 0) is 0 Å². The monoisotopic (exact) mass is 461 g/mol. The van der Waals surface area contributed by atoms with Gasteiger partial charge in [-0.2, -0.15) is 0 Å². The number of rotatable bonds is 10. The molecule has 5 heteroatoms. The zero-order valence-corrected chi connectivity index (χ0v) is 20.8. The predicted molar refractivity (Wildman–Crippen MR) is 136 cm³/mol. The number of carbonyl (C=O) groups excluding carboxylic acids is 1. The largest absolute Gasteiger partial charge is 0.494 e. The SMILES string of the molecule is CCCCCOc1cccc(C2c3c(oc4c(C)cc(C)cc4c3=O)C(=O)N2CCCCC)c1. The van der Waals surface area contributed by atoms with Gasteiger partial charge in [-0.3, -0.25) is 9.59 Å². The van der Waals surface area contributed by atoms with Crippen LogP contribution in [0.25, 0.3) is 11.0 Å². The molecular weight excluding hydrogens is 426 g/mol. The summed E-state index contributed by atoms with van der Waals surface area (Å²) in [7, 11) is 0. The highest BCUT2D eigenvalue weighted by Gasteiger charge is 2.42. The molecule has 2 aromatic carbocycles. The van der Waals surface area contributed by atoms with Gasteiger partial charge in [0.2, 0.25) is 5.76 Å². The average Bonchev–Trinajstić information content (AvgIpc) is 3.10. The van der Waals surface area contributed by atoms with E-state index in [9.17, 15) is 9.59 Å². The standard InChI is InChI=1S/C29H35NO4/c1-5-7-9-14-30-25(21-12-11-13-22(18-21)33-15-10-8-6-2)24-26(31)23-17-19(3)16-20(4)27(23)34-28(24)29(30)32/h11-13,16-18,25H,5-10,14-15H2,1-4H3. The molecule has 0 fully saturated rings. The van der Waals surface area contributed by atoms with E-state index in [2.05, 4.69) is 13.8 Å². The van der Waals surface area contributed by atoms with Crippen molar-refractivity contribution >= 4 is 16.9 Å². The van der Waals surface area contributed by atoms with Crippen molar-refractivity contribution in [1.29, 1.82) is 0 Å². The average molecular weight is 462 g/mol. The Morgan fingerprint density at radius 2 is 1.74 bits per heavy atom. The van der Waals surface area contributed by atoms with E-state index in [0.717, 1.165) is 61.0 Å². The third-order valence-corrected chi connectivity index (χ3v) is 6.59. The fourth-order valence-corrected chi connectivity index (χ4v) is 4.90. The molecule has 0 saturated heterocycles. The Morgan fingerprint density at radius 1 is 0.971 bits per heavy atom. The molecular formula is C29H35NO4. The van der Waals surface area contributed by atoms with Gasteiger partial charge in [-0.15, -0.1) is 0 Å². The molecule has 0 N–H and O–H groups in total. The van der Waals surface area contributed by atoms with Crippen molar-refractivity contribution in [3.05, 3.63) is 74.6 Å². The Kier molecular flexibility index (Phi) is 7.40. The molecule has 180 valence electrons. The van der Waals surface area contributed by atoms with Gasteiger partial charge in [-0.1, -0.05) is 57.7 Å². The number of carbonyl (C=O) groups is 1. The highest BCUT2D eigenvalue weighted by Crippen LogP contribution is 2.39. The summed E-state index contributed by atoms with van der Waals surface area (Å²) >= 11 is 0. The van der Waals surface area contributed by atoms with Crippen LogP contribution < -0.4 is 10.2 Å². The number of benzene rings is 2. The van der Waals surface area contributed by atoms with E-state index < -0.39 is 6.04 Å². The second-order valence-electron chi connectivity index (χ2n) is 9.37. The van der Waals surface area contributed by atoms with Gasteiger partial charge in [0, 0.05) is 6.54 Å². The molecule has 4 rings (SSSR count). The molecule has 34 heavy (non-hydrogen) atoms. The normalized spacial score (nSPS) is 15.2. The molecule has 1 aliphatic rings. The van der Waals surface area contributed by atoms with E-state index in [1.807, 2.05) is 55.1 Å². The van der Waals surface area contributed by atoms with E-state index >= 15 is 0 Å². The van der Waals surface area contributed by atoms with Gasteiger partial charge in [0.1, 0.15) is 11.3 Å².